The number of rotatable bonds is 3. The maximum absolute atomic E-state index is 12.3. The lowest BCUT2D eigenvalue weighted by atomic mass is 10.2. The molecule has 0 aromatic carbocycles. The monoisotopic (exact) mass is 308 g/mol. The van der Waals surface area contributed by atoms with Crippen LogP contribution in [0.2, 0.25) is 0 Å². The van der Waals surface area contributed by atoms with Crippen LogP contribution in [0, 0.1) is 13.8 Å². The summed E-state index contributed by atoms with van der Waals surface area (Å²) >= 11 is 3.09. The van der Waals surface area contributed by atoms with Crippen LogP contribution in [-0.2, 0) is 0 Å². The Balaban J connectivity index is 1.62. The summed E-state index contributed by atoms with van der Waals surface area (Å²) < 4.78 is 0. The van der Waals surface area contributed by atoms with Gasteiger partial charge in [0.05, 0.1) is 10.7 Å². The van der Waals surface area contributed by atoms with Crippen LogP contribution in [0.15, 0.2) is 11.6 Å². The van der Waals surface area contributed by atoms with Crippen LogP contribution in [-0.4, -0.2) is 35.0 Å². The van der Waals surface area contributed by atoms with E-state index in [0.29, 0.717) is 0 Å². The Morgan fingerprint density at radius 3 is 3.00 bits per heavy atom. The van der Waals surface area contributed by atoms with Gasteiger partial charge in [-0.05, 0) is 20.3 Å². The number of nitrogens with zero attached hydrogens (tertiary/aromatic N) is 3. The lowest BCUT2D eigenvalue weighted by molar-refractivity contribution is 0.0943. The fourth-order valence-corrected chi connectivity index (χ4v) is 3.92. The number of hydrogen-bond acceptors (Lipinski definition) is 6. The number of thiazole rings is 2. The van der Waals surface area contributed by atoms with Gasteiger partial charge in [-0.3, -0.25) is 4.79 Å². The molecule has 2 aromatic heterocycles. The van der Waals surface area contributed by atoms with Crippen molar-refractivity contribution < 1.29 is 4.79 Å². The van der Waals surface area contributed by atoms with Crippen molar-refractivity contribution in [2.75, 3.05) is 18.0 Å². The highest BCUT2D eigenvalue weighted by Crippen LogP contribution is 2.23. The van der Waals surface area contributed by atoms with Crippen LogP contribution >= 0.6 is 22.7 Å². The maximum Gasteiger partial charge on any atom is 0.263 e. The molecule has 0 spiro atoms. The molecule has 1 aliphatic heterocycles. The molecular formula is C13H16N4OS2. The molecular weight excluding hydrogens is 292 g/mol. The molecule has 1 aliphatic rings. The summed E-state index contributed by atoms with van der Waals surface area (Å²) in [5, 5.41) is 7.05. The summed E-state index contributed by atoms with van der Waals surface area (Å²) in [7, 11) is 0. The number of anilines is 1. The molecule has 1 fully saturated rings. The molecule has 0 bridgehead atoms. The predicted molar refractivity (Wildman–Crippen MR) is 81.8 cm³/mol. The Kier molecular flexibility index (Phi) is 3.71. The second-order valence-corrected chi connectivity index (χ2v) is 6.94. The Hall–Kier alpha value is -1.47. The molecule has 3 heterocycles. The highest BCUT2D eigenvalue weighted by molar-refractivity contribution is 7.14. The van der Waals surface area contributed by atoms with Gasteiger partial charge in [-0.25, -0.2) is 9.97 Å². The molecule has 20 heavy (non-hydrogen) atoms. The van der Waals surface area contributed by atoms with E-state index in [0.717, 1.165) is 40.2 Å². The zero-order valence-corrected chi connectivity index (χ0v) is 13.1. The van der Waals surface area contributed by atoms with E-state index < -0.39 is 0 Å². The third-order valence-electron chi connectivity index (χ3n) is 3.32. The normalized spacial score (nSPS) is 18.5. The molecule has 3 rings (SSSR count). The third-order valence-corrected chi connectivity index (χ3v) is 5.23. The van der Waals surface area contributed by atoms with Crippen molar-refractivity contribution in [1.29, 1.82) is 0 Å². The first-order valence-corrected chi connectivity index (χ1v) is 8.22. The second-order valence-electron chi connectivity index (χ2n) is 4.87. The van der Waals surface area contributed by atoms with Crippen LogP contribution in [0.5, 0.6) is 0 Å². The molecule has 0 radical (unpaired) electrons. The van der Waals surface area contributed by atoms with E-state index in [2.05, 4.69) is 20.2 Å². The molecule has 1 unspecified atom stereocenters. The molecule has 2 aromatic rings. The van der Waals surface area contributed by atoms with E-state index in [1.54, 1.807) is 11.3 Å². The van der Waals surface area contributed by atoms with E-state index >= 15 is 0 Å². The molecule has 5 nitrogen and oxygen atoms in total. The molecule has 0 aliphatic carbocycles. The van der Waals surface area contributed by atoms with Gasteiger partial charge >= 0.3 is 0 Å². The zero-order valence-electron chi connectivity index (χ0n) is 11.4. The van der Waals surface area contributed by atoms with Crippen LogP contribution in [0.3, 0.4) is 0 Å². The van der Waals surface area contributed by atoms with Gasteiger partial charge in [0.2, 0.25) is 0 Å². The third kappa shape index (κ3) is 2.69. The van der Waals surface area contributed by atoms with Crippen LogP contribution in [0.25, 0.3) is 0 Å². The summed E-state index contributed by atoms with van der Waals surface area (Å²) in [5.41, 5.74) is 0.819. The van der Waals surface area contributed by atoms with Crippen LogP contribution < -0.4 is 10.2 Å². The molecule has 0 saturated carbocycles. The minimum Gasteiger partial charge on any atom is -0.347 e. The first-order valence-electron chi connectivity index (χ1n) is 6.53. The second kappa shape index (κ2) is 5.49. The van der Waals surface area contributed by atoms with Gasteiger partial charge in [0.25, 0.3) is 5.91 Å². The highest BCUT2D eigenvalue weighted by atomic mass is 32.1. The fraction of sp³-hybridized carbons (Fsp3) is 0.462. The van der Waals surface area contributed by atoms with E-state index in [1.807, 2.05) is 25.4 Å². The number of aromatic nitrogens is 2. The Bertz CT molecular complexity index is 608. The lowest BCUT2D eigenvalue weighted by Gasteiger charge is -2.15. The number of carbonyl (C=O) groups is 1. The minimum absolute atomic E-state index is 0.000844. The molecule has 7 heteroatoms. The fourth-order valence-electron chi connectivity index (χ4n) is 2.42. The van der Waals surface area contributed by atoms with Gasteiger partial charge < -0.3 is 10.2 Å². The SMILES string of the molecule is Cc1nc(C)c(C(=O)NC2CCN(c3nccs3)C2)s1. The van der Waals surface area contributed by atoms with Crippen molar-refractivity contribution in [3.05, 3.63) is 27.2 Å². The Morgan fingerprint density at radius 2 is 2.35 bits per heavy atom. The van der Waals surface area contributed by atoms with Gasteiger partial charge in [-0.1, -0.05) is 0 Å². The van der Waals surface area contributed by atoms with E-state index in [4.69, 9.17) is 0 Å². The van der Waals surface area contributed by atoms with Gasteiger partial charge in [-0.2, -0.15) is 0 Å². The molecule has 1 saturated heterocycles. The molecule has 1 N–H and O–H groups in total. The first kappa shape index (κ1) is 13.5. The standard InChI is InChI=1S/C13H16N4OS2/c1-8-11(20-9(2)15-8)12(18)16-10-3-5-17(7-10)13-14-4-6-19-13/h4,6,10H,3,5,7H2,1-2H3,(H,16,18). The number of amides is 1. The molecule has 106 valence electrons. The average molecular weight is 308 g/mol. The van der Waals surface area contributed by atoms with Crippen molar-refractivity contribution in [3.63, 3.8) is 0 Å². The smallest absolute Gasteiger partial charge is 0.263 e. The topological polar surface area (TPSA) is 58.1 Å². The Morgan fingerprint density at radius 1 is 1.50 bits per heavy atom. The summed E-state index contributed by atoms with van der Waals surface area (Å²) in [5.74, 6) is -0.000844. The highest BCUT2D eigenvalue weighted by Gasteiger charge is 2.26. The van der Waals surface area contributed by atoms with Crippen LogP contribution in [0.4, 0.5) is 5.13 Å². The molecule has 1 amide bonds. The van der Waals surface area contributed by atoms with E-state index in [1.165, 1.54) is 11.3 Å². The summed E-state index contributed by atoms with van der Waals surface area (Å²) in [6, 6.07) is 0.188. The predicted octanol–water partition coefficient (Wildman–Crippen LogP) is 2.23. The quantitative estimate of drug-likeness (QED) is 0.944. The van der Waals surface area contributed by atoms with Gasteiger partial charge in [0.1, 0.15) is 4.88 Å². The zero-order chi connectivity index (χ0) is 14.1. The van der Waals surface area contributed by atoms with Crippen molar-refractivity contribution in [2.45, 2.75) is 26.3 Å². The van der Waals surface area contributed by atoms with Crippen molar-refractivity contribution in [3.8, 4) is 0 Å². The van der Waals surface area contributed by atoms with Crippen molar-refractivity contribution in [2.24, 2.45) is 0 Å². The number of aryl methyl sites for hydroxylation is 2. The summed E-state index contributed by atoms with van der Waals surface area (Å²) in [6.45, 7) is 5.58. The van der Waals surface area contributed by atoms with Gasteiger partial charge in [0, 0.05) is 30.7 Å². The largest absolute Gasteiger partial charge is 0.347 e. The maximum atomic E-state index is 12.3. The van der Waals surface area contributed by atoms with E-state index in [9.17, 15) is 4.79 Å². The average Bonchev–Trinajstić information content (AvgIpc) is 3.09. The minimum atomic E-state index is -0.000844. The van der Waals surface area contributed by atoms with Gasteiger partial charge in [0.15, 0.2) is 5.13 Å². The lowest BCUT2D eigenvalue weighted by Crippen LogP contribution is -2.37. The van der Waals surface area contributed by atoms with Crippen molar-refractivity contribution in [1.82, 2.24) is 15.3 Å². The summed E-state index contributed by atoms with van der Waals surface area (Å²) in [6.07, 6.45) is 2.78. The number of hydrogen-bond donors (Lipinski definition) is 1. The Labute approximate surface area is 125 Å². The number of carbonyl (C=O) groups excluding carboxylic acids is 1. The van der Waals surface area contributed by atoms with E-state index in [-0.39, 0.29) is 11.9 Å². The van der Waals surface area contributed by atoms with Crippen molar-refractivity contribution >= 4 is 33.7 Å². The van der Waals surface area contributed by atoms with Crippen LogP contribution in [0.1, 0.15) is 26.8 Å². The van der Waals surface area contributed by atoms with Gasteiger partial charge in [-0.15, -0.1) is 22.7 Å². The first-order chi connectivity index (χ1) is 9.63. The number of nitrogens with one attached hydrogen (secondary N) is 1. The molecule has 1 atom stereocenters. The summed E-state index contributed by atoms with van der Waals surface area (Å²) in [4.78, 5) is 23.8.